The van der Waals surface area contributed by atoms with Crippen molar-refractivity contribution < 1.29 is 14.7 Å². The maximum absolute atomic E-state index is 11.9. The first-order chi connectivity index (χ1) is 9.08. The van der Waals surface area contributed by atoms with E-state index >= 15 is 0 Å². The number of rotatable bonds is 4. The number of imidazole rings is 1. The minimum Gasteiger partial charge on any atom is -0.477 e. The van der Waals surface area contributed by atoms with Gasteiger partial charge in [0.15, 0.2) is 11.4 Å². The van der Waals surface area contributed by atoms with Gasteiger partial charge in [-0.05, 0) is 24.7 Å². The van der Waals surface area contributed by atoms with Crippen molar-refractivity contribution in [2.45, 2.75) is 32.6 Å². The first-order valence-corrected chi connectivity index (χ1v) is 6.62. The Balaban J connectivity index is 1.90. The summed E-state index contributed by atoms with van der Waals surface area (Å²) in [5.41, 5.74) is -0.203. The molecule has 104 valence electrons. The van der Waals surface area contributed by atoms with Crippen molar-refractivity contribution in [3.05, 3.63) is 17.7 Å². The fourth-order valence-corrected chi connectivity index (χ4v) is 2.70. The second kappa shape index (κ2) is 5.86. The van der Waals surface area contributed by atoms with Crippen molar-refractivity contribution in [3.8, 4) is 0 Å². The third-order valence-electron chi connectivity index (χ3n) is 3.66. The molecule has 6 heteroatoms. The Labute approximate surface area is 111 Å². The molecule has 0 saturated heterocycles. The van der Waals surface area contributed by atoms with Crippen LogP contribution in [-0.2, 0) is 0 Å². The molecule has 1 aromatic heterocycles. The monoisotopic (exact) mass is 265 g/mol. The van der Waals surface area contributed by atoms with Gasteiger partial charge in [-0.1, -0.05) is 19.8 Å². The molecule has 1 heterocycles. The molecule has 1 fully saturated rings. The Morgan fingerprint density at radius 2 is 2.32 bits per heavy atom. The Hall–Kier alpha value is -1.85. The smallest absolute Gasteiger partial charge is 0.354 e. The zero-order valence-electron chi connectivity index (χ0n) is 11.0. The zero-order valence-corrected chi connectivity index (χ0v) is 11.0. The number of carbonyl (C=O) groups excluding carboxylic acids is 1. The van der Waals surface area contributed by atoms with Gasteiger partial charge in [-0.25, -0.2) is 9.78 Å². The largest absolute Gasteiger partial charge is 0.477 e. The Kier molecular flexibility index (Phi) is 4.19. The predicted octanol–water partition coefficient (Wildman–Crippen LogP) is 1.66. The lowest BCUT2D eigenvalue weighted by atomic mass is 9.82. The van der Waals surface area contributed by atoms with Crippen LogP contribution in [0.15, 0.2) is 6.33 Å². The van der Waals surface area contributed by atoms with E-state index in [4.69, 9.17) is 5.11 Å². The first-order valence-electron chi connectivity index (χ1n) is 6.62. The lowest BCUT2D eigenvalue weighted by molar-refractivity contribution is 0.0684. The average molecular weight is 265 g/mol. The van der Waals surface area contributed by atoms with Gasteiger partial charge in [0, 0.05) is 6.54 Å². The van der Waals surface area contributed by atoms with Gasteiger partial charge in [0.05, 0.1) is 6.33 Å². The fourth-order valence-electron chi connectivity index (χ4n) is 2.70. The summed E-state index contributed by atoms with van der Waals surface area (Å²) in [6.07, 6.45) is 5.92. The molecule has 0 spiro atoms. The van der Waals surface area contributed by atoms with Crippen LogP contribution in [0.25, 0.3) is 0 Å². The Morgan fingerprint density at radius 1 is 1.53 bits per heavy atom. The van der Waals surface area contributed by atoms with E-state index in [9.17, 15) is 9.59 Å². The summed E-state index contributed by atoms with van der Waals surface area (Å²) in [7, 11) is 0. The number of carboxylic acid groups (broad SMARTS) is 1. The van der Waals surface area contributed by atoms with Gasteiger partial charge in [-0.2, -0.15) is 0 Å². The van der Waals surface area contributed by atoms with Gasteiger partial charge in [0.1, 0.15) is 0 Å². The highest BCUT2D eigenvalue weighted by atomic mass is 16.4. The van der Waals surface area contributed by atoms with Crippen molar-refractivity contribution in [1.29, 1.82) is 0 Å². The molecule has 0 radical (unpaired) electrons. The van der Waals surface area contributed by atoms with Crippen molar-refractivity contribution in [1.82, 2.24) is 15.3 Å². The van der Waals surface area contributed by atoms with Crippen molar-refractivity contribution in [3.63, 3.8) is 0 Å². The number of carboxylic acids is 1. The van der Waals surface area contributed by atoms with E-state index in [2.05, 4.69) is 22.2 Å². The third kappa shape index (κ3) is 3.33. The van der Waals surface area contributed by atoms with Crippen LogP contribution in [0.2, 0.25) is 0 Å². The van der Waals surface area contributed by atoms with Crippen molar-refractivity contribution in [2.75, 3.05) is 6.54 Å². The molecule has 1 amide bonds. The molecule has 0 aromatic carbocycles. The van der Waals surface area contributed by atoms with Crippen LogP contribution < -0.4 is 5.32 Å². The zero-order chi connectivity index (χ0) is 13.8. The summed E-state index contributed by atoms with van der Waals surface area (Å²) in [5, 5.41) is 11.7. The average Bonchev–Trinajstić information content (AvgIpc) is 2.85. The van der Waals surface area contributed by atoms with E-state index in [1.807, 2.05) is 0 Å². The highest BCUT2D eigenvalue weighted by Crippen LogP contribution is 2.27. The van der Waals surface area contributed by atoms with E-state index in [0.717, 1.165) is 12.8 Å². The number of hydrogen-bond acceptors (Lipinski definition) is 3. The molecule has 1 aliphatic rings. The Bertz CT molecular complexity index is 469. The second-order valence-electron chi connectivity index (χ2n) is 5.28. The molecule has 1 saturated carbocycles. The number of nitrogens with one attached hydrogen (secondary N) is 2. The molecule has 2 rings (SSSR count). The first kappa shape index (κ1) is 13.6. The van der Waals surface area contributed by atoms with Gasteiger partial charge < -0.3 is 15.4 Å². The van der Waals surface area contributed by atoms with Crippen LogP contribution in [0, 0.1) is 11.8 Å². The second-order valence-corrected chi connectivity index (χ2v) is 5.28. The number of H-pyrrole nitrogens is 1. The normalized spacial score (nSPS) is 23.0. The lowest BCUT2D eigenvalue weighted by Crippen LogP contribution is -2.32. The number of aromatic amines is 1. The maximum atomic E-state index is 11.9. The van der Waals surface area contributed by atoms with E-state index in [1.165, 1.54) is 19.2 Å². The van der Waals surface area contributed by atoms with Crippen LogP contribution in [0.1, 0.15) is 53.6 Å². The van der Waals surface area contributed by atoms with Gasteiger partial charge in [0.25, 0.3) is 5.91 Å². The van der Waals surface area contributed by atoms with Gasteiger partial charge in [-0.15, -0.1) is 0 Å². The molecule has 19 heavy (non-hydrogen) atoms. The number of aromatic carboxylic acids is 1. The molecule has 6 nitrogen and oxygen atoms in total. The fraction of sp³-hybridized carbons (Fsp3) is 0.615. The lowest BCUT2D eigenvalue weighted by Gasteiger charge is -2.26. The summed E-state index contributed by atoms with van der Waals surface area (Å²) >= 11 is 0. The molecular weight excluding hydrogens is 246 g/mol. The minimum absolute atomic E-state index is 0.0450. The molecule has 3 N–H and O–H groups in total. The summed E-state index contributed by atoms with van der Waals surface area (Å²) < 4.78 is 0. The van der Waals surface area contributed by atoms with E-state index in [-0.39, 0.29) is 11.4 Å². The Morgan fingerprint density at radius 3 is 3.00 bits per heavy atom. The standard InChI is InChI=1S/C13H19N3O3/c1-8-3-2-4-9(5-8)6-14-12(17)10-11(13(18)19)16-7-15-10/h7-9H,2-6H2,1H3,(H,14,17)(H,15,16)(H,18,19). The van der Waals surface area contributed by atoms with Crippen LogP contribution in [0.4, 0.5) is 0 Å². The van der Waals surface area contributed by atoms with Crippen LogP contribution in [0.5, 0.6) is 0 Å². The highest BCUT2D eigenvalue weighted by Gasteiger charge is 2.22. The topological polar surface area (TPSA) is 95.1 Å². The van der Waals surface area contributed by atoms with E-state index in [1.54, 1.807) is 0 Å². The summed E-state index contributed by atoms with van der Waals surface area (Å²) in [6, 6.07) is 0. The molecule has 2 unspecified atom stereocenters. The molecule has 1 aromatic rings. The van der Waals surface area contributed by atoms with Crippen LogP contribution >= 0.6 is 0 Å². The van der Waals surface area contributed by atoms with Gasteiger partial charge in [-0.3, -0.25) is 4.79 Å². The molecule has 1 aliphatic carbocycles. The van der Waals surface area contributed by atoms with Crippen LogP contribution in [-0.4, -0.2) is 33.5 Å². The maximum Gasteiger partial charge on any atom is 0.354 e. The predicted molar refractivity (Wildman–Crippen MR) is 69.0 cm³/mol. The quantitative estimate of drug-likeness (QED) is 0.771. The van der Waals surface area contributed by atoms with Gasteiger partial charge >= 0.3 is 5.97 Å². The van der Waals surface area contributed by atoms with Gasteiger partial charge in [0.2, 0.25) is 0 Å². The molecular formula is C13H19N3O3. The minimum atomic E-state index is -1.17. The van der Waals surface area contributed by atoms with E-state index in [0.29, 0.717) is 18.4 Å². The molecule has 2 atom stereocenters. The summed E-state index contributed by atoms with van der Waals surface area (Å²) in [6.45, 7) is 2.82. The van der Waals surface area contributed by atoms with Crippen LogP contribution in [0.3, 0.4) is 0 Å². The SMILES string of the molecule is CC1CCCC(CNC(=O)c2nc[nH]c2C(=O)O)C1. The number of aromatic nitrogens is 2. The van der Waals surface area contributed by atoms with Crippen molar-refractivity contribution >= 4 is 11.9 Å². The summed E-state index contributed by atoms with van der Waals surface area (Å²) in [5.74, 6) is -0.402. The number of carbonyl (C=O) groups is 2. The highest BCUT2D eigenvalue weighted by molar-refractivity contribution is 6.02. The number of nitrogens with zero attached hydrogens (tertiary/aromatic N) is 1. The van der Waals surface area contributed by atoms with Crippen molar-refractivity contribution in [2.24, 2.45) is 11.8 Å². The number of amides is 1. The molecule has 0 bridgehead atoms. The summed E-state index contributed by atoms with van der Waals surface area (Å²) in [4.78, 5) is 29.0. The molecule has 0 aliphatic heterocycles. The third-order valence-corrected chi connectivity index (χ3v) is 3.66. The van der Waals surface area contributed by atoms with E-state index < -0.39 is 11.9 Å². The number of hydrogen-bond donors (Lipinski definition) is 3.